The SMILES string of the molecule is CCNC(=NCC(c1ccc(F)cc1)N(C)C)NCCCN1CCCCCC1=O.I. The van der Waals surface area contributed by atoms with E-state index in [-0.39, 0.29) is 41.7 Å². The van der Waals surface area contributed by atoms with E-state index < -0.39 is 0 Å². The van der Waals surface area contributed by atoms with Gasteiger partial charge in [-0.2, -0.15) is 0 Å². The van der Waals surface area contributed by atoms with Gasteiger partial charge < -0.3 is 20.4 Å². The minimum absolute atomic E-state index is 0. The van der Waals surface area contributed by atoms with Gasteiger partial charge in [0.25, 0.3) is 0 Å². The first-order chi connectivity index (χ1) is 14.0. The van der Waals surface area contributed by atoms with E-state index in [1.54, 1.807) is 0 Å². The molecule has 0 bridgehead atoms. The smallest absolute Gasteiger partial charge is 0.222 e. The molecule has 170 valence electrons. The Kier molecular flexibility index (Phi) is 12.9. The molecule has 0 saturated carbocycles. The zero-order chi connectivity index (χ0) is 21.1. The highest BCUT2D eigenvalue weighted by Crippen LogP contribution is 2.19. The Balaban J connectivity index is 0.00000450. The number of aliphatic imine (C=N–C) groups is 1. The first kappa shape index (κ1) is 26.6. The van der Waals surface area contributed by atoms with Gasteiger partial charge in [-0.05, 0) is 58.0 Å². The van der Waals surface area contributed by atoms with E-state index in [0.29, 0.717) is 13.0 Å². The Labute approximate surface area is 197 Å². The average molecular weight is 533 g/mol. The molecule has 1 saturated heterocycles. The quantitative estimate of drug-likeness (QED) is 0.221. The number of likely N-dealkylation sites (N-methyl/N-ethyl adjacent to an activating group) is 1. The zero-order valence-corrected chi connectivity index (χ0v) is 20.8. The molecule has 0 aromatic heterocycles. The number of nitrogens with one attached hydrogen (secondary N) is 2. The molecule has 1 aliphatic rings. The van der Waals surface area contributed by atoms with Crippen LogP contribution in [0.5, 0.6) is 0 Å². The fourth-order valence-corrected chi connectivity index (χ4v) is 3.52. The van der Waals surface area contributed by atoms with Crippen molar-refractivity contribution in [3.8, 4) is 0 Å². The standard InChI is InChI=1S/C22H36FN5O.HI/c1-4-24-22(25-14-8-16-28-15-7-5-6-9-21(28)29)26-17-20(27(2)3)18-10-12-19(23)13-11-18;/h10-13,20H,4-9,14-17H2,1-3H3,(H2,24,25,26);1H. The monoisotopic (exact) mass is 533 g/mol. The Morgan fingerprint density at radius 3 is 2.60 bits per heavy atom. The number of nitrogens with zero attached hydrogens (tertiary/aromatic N) is 3. The van der Waals surface area contributed by atoms with Crippen molar-refractivity contribution < 1.29 is 9.18 Å². The summed E-state index contributed by atoms with van der Waals surface area (Å²) in [5, 5.41) is 6.64. The number of amides is 1. The van der Waals surface area contributed by atoms with Crippen LogP contribution in [0.25, 0.3) is 0 Å². The number of hydrogen-bond donors (Lipinski definition) is 2. The van der Waals surface area contributed by atoms with Crippen molar-refractivity contribution in [1.82, 2.24) is 20.4 Å². The molecule has 2 rings (SSSR count). The summed E-state index contributed by atoms with van der Waals surface area (Å²) in [5.74, 6) is 0.826. The average Bonchev–Trinajstić information content (AvgIpc) is 2.90. The van der Waals surface area contributed by atoms with Crippen LogP contribution >= 0.6 is 24.0 Å². The second-order valence-electron chi connectivity index (χ2n) is 7.72. The lowest BCUT2D eigenvalue weighted by atomic mass is 10.1. The first-order valence-electron chi connectivity index (χ1n) is 10.7. The number of hydrogen-bond acceptors (Lipinski definition) is 3. The van der Waals surface area contributed by atoms with Crippen molar-refractivity contribution in [3.05, 3.63) is 35.6 Å². The minimum atomic E-state index is -0.229. The fraction of sp³-hybridized carbons (Fsp3) is 0.636. The van der Waals surface area contributed by atoms with Crippen molar-refractivity contribution in [3.63, 3.8) is 0 Å². The number of benzene rings is 1. The molecular weight excluding hydrogens is 496 g/mol. The van der Waals surface area contributed by atoms with Gasteiger partial charge in [0.15, 0.2) is 5.96 Å². The number of likely N-dealkylation sites (tertiary alicyclic amines) is 1. The summed E-state index contributed by atoms with van der Waals surface area (Å²) in [7, 11) is 4.00. The molecule has 6 nitrogen and oxygen atoms in total. The van der Waals surface area contributed by atoms with Crippen LogP contribution in [0, 0.1) is 5.82 Å². The van der Waals surface area contributed by atoms with Gasteiger partial charge in [0.2, 0.25) is 5.91 Å². The molecular formula is C22H37FIN5O. The van der Waals surface area contributed by atoms with Crippen molar-refractivity contribution >= 4 is 35.8 Å². The van der Waals surface area contributed by atoms with Crippen LogP contribution in [-0.4, -0.2) is 68.5 Å². The Morgan fingerprint density at radius 1 is 1.20 bits per heavy atom. The van der Waals surface area contributed by atoms with Crippen LogP contribution in [0.1, 0.15) is 50.6 Å². The Bertz CT molecular complexity index is 653. The van der Waals surface area contributed by atoms with E-state index in [1.807, 2.05) is 38.1 Å². The van der Waals surface area contributed by atoms with Crippen LogP contribution in [0.3, 0.4) is 0 Å². The van der Waals surface area contributed by atoms with Gasteiger partial charge in [0.1, 0.15) is 5.82 Å². The molecule has 0 aliphatic carbocycles. The van der Waals surface area contributed by atoms with E-state index >= 15 is 0 Å². The van der Waals surface area contributed by atoms with Gasteiger partial charge in [0.05, 0.1) is 12.6 Å². The molecule has 1 heterocycles. The Morgan fingerprint density at radius 2 is 1.93 bits per heavy atom. The number of guanidine groups is 1. The number of rotatable bonds is 9. The highest BCUT2D eigenvalue weighted by Gasteiger charge is 2.16. The summed E-state index contributed by atoms with van der Waals surface area (Å²) < 4.78 is 13.2. The number of carbonyl (C=O) groups is 1. The maximum absolute atomic E-state index is 13.2. The summed E-state index contributed by atoms with van der Waals surface area (Å²) in [6.45, 7) is 5.82. The second-order valence-corrected chi connectivity index (χ2v) is 7.72. The maximum atomic E-state index is 13.2. The maximum Gasteiger partial charge on any atom is 0.222 e. The summed E-state index contributed by atoms with van der Waals surface area (Å²) >= 11 is 0. The Hall–Kier alpha value is -1.42. The van der Waals surface area contributed by atoms with Crippen LogP contribution in [0.15, 0.2) is 29.3 Å². The van der Waals surface area contributed by atoms with E-state index in [4.69, 9.17) is 4.99 Å². The zero-order valence-electron chi connectivity index (χ0n) is 18.5. The topological polar surface area (TPSA) is 60.0 Å². The molecule has 2 N–H and O–H groups in total. The molecule has 1 aromatic rings. The highest BCUT2D eigenvalue weighted by atomic mass is 127. The molecule has 1 atom stereocenters. The van der Waals surface area contributed by atoms with Crippen LogP contribution in [-0.2, 0) is 4.79 Å². The lowest BCUT2D eigenvalue weighted by Crippen LogP contribution is -2.40. The molecule has 1 fully saturated rings. The molecule has 1 unspecified atom stereocenters. The van der Waals surface area contributed by atoms with Crippen molar-refractivity contribution in [2.75, 3.05) is 46.8 Å². The van der Waals surface area contributed by atoms with E-state index in [0.717, 1.165) is 63.4 Å². The predicted molar refractivity (Wildman–Crippen MR) is 132 cm³/mol. The number of halogens is 2. The third-order valence-corrected chi connectivity index (χ3v) is 5.21. The normalized spacial score (nSPS) is 16.1. The van der Waals surface area contributed by atoms with Crippen LogP contribution < -0.4 is 10.6 Å². The lowest BCUT2D eigenvalue weighted by molar-refractivity contribution is -0.130. The van der Waals surface area contributed by atoms with Crippen LogP contribution in [0.4, 0.5) is 4.39 Å². The largest absolute Gasteiger partial charge is 0.357 e. The minimum Gasteiger partial charge on any atom is -0.357 e. The molecule has 30 heavy (non-hydrogen) atoms. The summed E-state index contributed by atoms with van der Waals surface area (Å²) in [6.07, 6.45) is 4.86. The summed E-state index contributed by atoms with van der Waals surface area (Å²) in [6, 6.07) is 6.68. The van der Waals surface area contributed by atoms with Crippen molar-refractivity contribution in [2.45, 2.75) is 45.1 Å². The van der Waals surface area contributed by atoms with E-state index in [2.05, 4.69) is 15.5 Å². The fourth-order valence-electron chi connectivity index (χ4n) is 3.52. The van der Waals surface area contributed by atoms with Gasteiger partial charge in [-0.25, -0.2) is 4.39 Å². The molecule has 1 amide bonds. The van der Waals surface area contributed by atoms with Gasteiger partial charge in [-0.1, -0.05) is 18.6 Å². The molecule has 1 aromatic carbocycles. The predicted octanol–water partition coefficient (Wildman–Crippen LogP) is 3.39. The molecule has 1 aliphatic heterocycles. The van der Waals surface area contributed by atoms with Gasteiger partial charge in [-0.3, -0.25) is 9.79 Å². The lowest BCUT2D eigenvalue weighted by Gasteiger charge is -2.24. The van der Waals surface area contributed by atoms with E-state index in [9.17, 15) is 9.18 Å². The van der Waals surface area contributed by atoms with Crippen molar-refractivity contribution in [2.24, 2.45) is 4.99 Å². The van der Waals surface area contributed by atoms with Crippen LogP contribution in [0.2, 0.25) is 0 Å². The summed E-state index contributed by atoms with van der Waals surface area (Å²) in [5.41, 5.74) is 1.04. The van der Waals surface area contributed by atoms with Crippen molar-refractivity contribution in [1.29, 1.82) is 0 Å². The molecule has 0 radical (unpaired) electrons. The summed E-state index contributed by atoms with van der Waals surface area (Å²) in [4.78, 5) is 20.9. The first-order valence-corrected chi connectivity index (χ1v) is 10.7. The molecule has 8 heteroatoms. The second kappa shape index (κ2) is 14.6. The van der Waals surface area contributed by atoms with Gasteiger partial charge in [-0.15, -0.1) is 24.0 Å². The van der Waals surface area contributed by atoms with Gasteiger partial charge in [0, 0.05) is 32.6 Å². The highest BCUT2D eigenvalue weighted by molar-refractivity contribution is 14.0. The van der Waals surface area contributed by atoms with Gasteiger partial charge >= 0.3 is 0 Å². The molecule has 0 spiro atoms. The van der Waals surface area contributed by atoms with E-state index in [1.165, 1.54) is 12.1 Å². The third kappa shape index (κ3) is 9.16. The third-order valence-electron chi connectivity index (χ3n) is 5.21. The number of carbonyl (C=O) groups excluding carboxylic acids is 1.